The quantitative estimate of drug-likeness (QED) is 0.510. The van der Waals surface area contributed by atoms with Gasteiger partial charge < -0.3 is 15.0 Å². The normalized spacial score (nSPS) is 12.5. The van der Waals surface area contributed by atoms with Crippen LogP contribution in [0.15, 0.2) is 59.6 Å². The van der Waals surface area contributed by atoms with E-state index in [4.69, 9.17) is 9.88 Å². The highest BCUT2D eigenvalue weighted by atomic mass is 32.2. The molecule has 4 N–H and O–H groups in total. The largest absolute Gasteiger partial charge is 0.453 e. The lowest BCUT2D eigenvalue weighted by Gasteiger charge is -2.13. The van der Waals surface area contributed by atoms with Crippen LogP contribution in [-0.4, -0.2) is 31.4 Å². The van der Waals surface area contributed by atoms with Crippen molar-refractivity contribution in [3.63, 3.8) is 0 Å². The van der Waals surface area contributed by atoms with Gasteiger partial charge in [0.15, 0.2) is 6.10 Å². The van der Waals surface area contributed by atoms with Crippen molar-refractivity contribution >= 4 is 38.5 Å². The number of carbonyl (C=O) groups is 2. The van der Waals surface area contributed by atoms with Gasteiger partial charge in [0.1, 0.15) is 0 Å². The number of aromatic amines is 1. The molecule has 152 valence electrons. The van der Waals surface area contributed by atoms with Crippen molar-refractivity contribution in [2.24, 2.45) is 5.14 Å². The van der Waals surface area contributed by atoms with Gasteiger partial charge in [-0.1, -0.05) is 18.2 Å². The zero-order valence-electron chi connectivity index (χ0n) is 15.7. The highest BCUT2D eigenvalue weighted by Crippen LogP contribution is 2.19. The molecule has 0 aliphatic carbocycles. The summed E-state index contributed by atoms with van der Waals surface area (Å²) in [5.74, 6) is -1.00. The van der Waals surface area contributed by atoms with Crippen LogP contribution >= 0.6 is 0 Å². The van der Waals surface area contributed by atoms with E-state index in [0.717, 1.165) is 16.5 Å². The smallest absolute Gasteiger partial charge is 0.306 e. The van der Waals surface area contributed by atoms with Gasteiger partial charge in [-0.3, -0.25) is 9.59 Å². The Kier molecular flexibility index (Phi) is 6.00. The van der Waals surface area contributed by atoms with Gasteiger partial charge in [0, 0.05) is 29.2 Å². The number of hydrogen-bond acceptors (Lipinski definition) is 5. The van der Waals surface area contributed by atoms with Gasteiger partial charge in [-0.15, -0.1) is 0 Å². The first-order chi connectivity index (χ1) is 13.7. The number of aromatic nitrogens is 1. The fourth-order valence-electron chi connectivity index (χ4n) is 2.86. The predicted molar refractivity (Wildman–Crippen MR) is 109 cm³/mol. The molecule has 8 nitrogen and oxygen atoms in total. The molecule has 0 saturated heterocycles. The standard InChI is InChI=1S/C20H21N3O5S/c1-13(20(25)23-15-7-9-16(10-8-15)29(21,26)27)28-19(24)11-6-14-12-22-18-5-3-2-4-17(14)18/h2-5,7-10,12-13,22H,6,11H2,1H3,(H,23,25)(H2,21,26,27)/t13-/m1/s1. The molecule has 1 amide bonds. The van der Waals surface area contributed by atoms with Crippen LogP contribution in [0, 0.1) is 0 Å². The summed E-state index contributed by atoms with van der Waals surface area (Å²) in [6, 6.07) is 13.2. The van der Waals surface area contributed by atoms with Crippen molar-refractivity contribution in [3.8, 4) is 0 Å². The number of primary sulfonamides is 1. The van der Waals surface area contributed by atoms with Gasteiger partial charge in [0.2, 0.25) is 10.0 Å². The number of para-hydroxylation sites is 1. The second-order valence-electron chi connectivity index (χ2n) is 6.55. The number of esters is 1. The van der Waals surface area contributed by atoms with Gasteiger partial charge in [0.25, 0.3) is 5.91 Å². The lowest BCUT2D eigenvalue weighted by Crippen LogP contribution is -2.30. The molecule has 0 bridgehead atoms. The molecule has 3 rings (SSSR count). The molecule has 0 spiro atoms. The van der Waals surface area contributed by atoms with E-state index in [9.17, 15) is 18.0 Å². The van der Waals surface area contributed by atoms with Crippen LogP contribution in [0.3, 0.4) is 0 Å². The molecule has 29 heavy (non-hydrogen) atoms. The fraction of sp³-hybridized carbons (Fsp3) is 0.200. The van der Waals surface area contributed by atoms with Gasteiger partial charge in [-0.05, 0) is 49.2 Å². The van der Waals surface area contributed by atoms with Crippen molar-refractivity contribution in [1.82, 2.24) is 4.98 Å². The monoisotopic (exact) mass is 415 g/mol. The minimum atomic E-state index is -3.80. The Bertz CT molecular complexity index is 1140. The summed E-state index contributed by atoms with van der Waals surface area (Å²) in [6.45, 7) is 1.47. The van der Waals surface area contributed by atoms with Crippen molar-refractivity contribution in [1.29, 1.82) is 0 Å². The van der Waals surface area contributed by atoms with E-state index in [1.165, 1.54) is 31.2 Å². The Morgan fingerprint density at radius 1 is 1.14 bits per heavy atom. The second-order valence-corrected chi connectivity index (χ2v) is 8.11. The van der Waals surface area contributed by atoms with Gasteiger partial charge in [-0.25, -0.2) is 13.6 Å². The van der Waals surface area contributed by atoms with E-state index >= 15 is 0 Å². The number of nitrogens with two attached hydrogens (primary N) is 1. The third kappa shape index (κ3) is 5.21. The minimum absolute atomic E-state index is 0.0627. The van der Waals surface area contributed by atoms with Gasteiger partial charge in [0.05, 0.1) is 4.90 Å². The fourth-order valence-corrected chi connectivity index (χ4v) is 3.37. The van der Waals surface area contributed by atoms with Crippen LogP contribution in [0.1, 0.15) is 18.9 Å². The zero-order valence-corrected chi connectivity index (χ0v) is 16.5. The summed E-state index contributed by atoms with van der Waals surface area (Å²) in [7, 11) is -3.80. The number of hydrogen-bond donors (Lipinski definition) is 3. The highest BCUT2D eigenvalue weighted by Gasteiger charge is 2.18. The molecule has 9 heteroatoms. The summed E-state index contributed by atoms with van der Waals surface area (Å²) in [4.78, 5) is 27.4. The van der Waals surface area contributed by atoms with Crippen molar-refractivity contribution in [3.05, 3.63) is 60.3 Å². The maximum atomic E-state index is 12.2. The Morgan fingerprint density at radius 3 is 2.52 bits per heavy atom. The van der Waals surface area contributed by atoms with Crippen LogP contribution < -0.4 is 10.5 Å². The van der Waals surface area contributed by atoms with E-state index in [-0.39, 0.29) is 11.3 Å². The van der Waals surface area contributed by atoms with Crippen LogP contribution in [0.4, 0.5) is 5.69 Å². The van der Waals surface area contributed by atoms with Crippen molar-refractivity contribution in [2.75, 3.05) is 5.32 Å². The maximum absolute atomic E-state index is 12.2. The summed E-state index contributed by atoms with van der Waals surface area (Å²) in [5.41, 5.74) is 2.37. The number of sulfonamides is 1. The van der Waals surface area contributed by atoms with E-state index in [1.807, 2.05) is 30.5 Å². The maximum Gasteiger partial charge on any atom is 0.306 e. The molecule has 0 unspecified atom stereocenters. The number of fused-ring (bicyclic) bond motifs is 1. The average Bonchev–Trinajstić information content (AvgIpc) is 3.09. The Hall–Kier alpha value is -3.17. The molecule has 3 aromatic rings. The Balaban J connectivity index is 1.51. The van der Waals surface area contributed by atoms with E-state index < -0.39 is 28.0 Å². The second kappa shape index (κ2) is 8.46. The van der Waals surface area contributed by atoms with Crippen LogP contribution in [0.5, 0.6) is 0 Å². The Morgan fingerprint density at radius 2 is 1.83 bits per heavy atom. The predicted octanol–water partition coefficient (Wildman–Crippen LogP) is 2.32. The van der Waals surface area contributed by atoms with E-state index in [2.05, 4.69) is 10.3 Å². The number of aryl methyl sites for hydroxylation is 1. The summed E-state index contributed by atoms with van der Waals surface area (Å²) in [5, 5.41) is 8.64. The topological polar surface area (TPSA) is 131 Å². The third-order valence-electron chi connectivity index (χ3n) is 4.40. The van der Waals surface area contributed by atoms with E-state index in [0.29, 0.717) is 12.1 Å². The number of H-pyrrole nitrogens is 1. The molecule has 0 fully saturated rings. The molecule has 0 radical (unpaired) electrons. The number of nitrogens with one attached hydrogen (secondary N) is 2. The van der Waals surface area contributed by atoms with Crippen LogP contribution in [0.25, 0.3) is 10.9 Å². The van der Waals surface area contributed by atoms with Crippen LogP contribution in [0.2, 0.25) is 0 Å². The summed E-state index contributed by atoms with van der Waals surface area (Å²) >= 11 is 0. The number of rotatable bonds is 7. The third-order valence-corrected chi connectivity index (χ3v) is 5.33. The number of benzene rings is 2. The molecule has 0 saturated carbocycles. The SMILES string of the molecule is C[C@@H](OC(=O)CCc1c[nH]c2ccccc12)C(=O)Nc1ccc(S(N)(=O)=O)cc1. The first-order valence-electron chi connectivity index (χ1n) is 8.92. The minimum Gasteiger partial charge on any atom is -0.453 e. The zero-order chi connectivity index (χ0) is 21.0. The first kappa shape index (κ1) is 20.6. The first-order valence-corrected chi connectivity index (χ1v) is 10.5. The van der Waals surface area contributed by atoms with Crippen molar-refractivity contribution in [2.45, 2.75) is 30.8 Å². The number of amides is 1. The molecule has 1 aromatic heterocycles. The number of carbonyl (C=O) groups excluding carboxylic acids is 2. The molecule has 0 aliphatic heterocycles. The molecule has 0 aliphatic rings. The lowest BCUT2D eigenvalue weighted by molar-refractivity contribution is -0.153. The highest BCUT2D eigenvalue weighted by molar-refractivity contribution is 7.89. The summed E-state index contributed by atoms with van der Waals surface area (Å²) in [6.07, 6.45) is 1.50. The average molecular weight is 415 g/mol. The van der Waals surface area contributed by atoms with Crippen molar-refractivity contribution < 1.29 is 22.7 Å². The van der Waals surface area contributed by atoms with E-state index in [1.54, 1.807) is 0 Å². The Labute approximate surface area is 168 Å². The lowest BCUT2D eigenvalue weighted by atomic mass is 10.1. The number of ether oxygens (including phenoxy) is 1. The molecular weight excluding hydrogens is 394 g/mol. The molecule has 1 heterocycles. The molecular formula is C20H21N3O5S. The summed E-state index contributed by atoms with van der Waals surface area (Å²) < 4.78 is 27.7. The van der Waals surface area contributed by atoms with Gasteiger partial charge >= 0.3 is 5.97 Å². The van der Waals surface area contributed by atoms with Crippen LogP contribution in [-0.2, 0) is 30.8 Å². The molecule has 1 atom stereocenters. The number of anilines is 1. The van der Waals surface area contributed by atoms with Gasteiger partial charge in [-0.2, -0.15) is 0 Å². The molecule has 2 aromatic carbocycles.